The lowest BCUT2D eigenvalue weighted by molar-refractivity contribution is 1.30. The molecular formula is C8H7NOS. The van der Waals surface area contributed by atoms with Gasteiger partial charge < -0.3 is 4.98 Å². The van der Waals surface area contributed by atoms with Crippen LogP contribution in [0.4, 0.5) is 0 Å². The van der Waals surface area contributed by atoms with Gasteiger partial charge in [-0.2, -0.15) is 0 Å². The van der Waals surface area contributed by atoms with E-state index in [-0.39, 0.29) is 5.56 Å². The highest BCUT2D eigenvalue weighted by Crippen LogP contribution is 2.20. The second kappa shape index (κ2) is 2.20. The number of H-pyrrole nitrogens is 1. The lowest BCUT2D eigenvalue weighted by atomic mass is 10.3. The van der Waals surface area contributed by atoms with Crippen molar-refractivity contribution in [2.45, 2.75) is 6.92 Å². The normalized spacial score (nSPS) is 10.6. The lowest BCUT2D eigenvalue weighted by Gasteiger charge is -1.88. The maximum atomic E-state index is 10.9. The van der Waals surface area contributed by atoms with E-state index in [0.717, 1.165) is 15.8 Å². The SMILES string of the molecule is Cc1csc2ccc(=O)[nH]c12. The summed E-state index contributed by atoms with van der Waals surface area (Å²) >= 11 is 1.65. The molecule has 0 atom stereocenters. The highest BCUT2D eigenvalue weighted by Gasteiger charge is 1.98. The van der Waals surface area contributed by atoms with Crippen LogP contribution in [0.3, 0.4) is 0 Å². The molecule has 3 heteroatoms. The third-order valence-corrected chi connectivity index (χ3v) is 2.70. The molecule has 0 aliphatic rings. The van der Waals surface area contributed by atoms with Crippen LogP contribution >= 0.6 is 11.3 Å². The highest BCUT2D eigenvalue weighted by atomic mass is 32.1. The largest absolute Gasteiger partial charge is 0.321 e. The van der Waals surface area contributed by atoms with Crippen molar-refractivity contribution in [1.29, 1.82) is 0 Å². The minimum absolute atomic E-state index is 0.0287. The van der Waals surface area contributed by atoms with Gasteiger partial charge >= 0.3 is 0 Å². The molecule has 2 aromatic rings. The average Bonchev–Trinajstić information content (AvgIpc) is 2.33. The predicted octanol–water partition coefficient (Wildman–Crippen LogP) is 1.90. The third kappa shape index (κ3) is 0.973. The Balaban J connectivity index is 2.98. The van der Waals surface area contributed by atoms with Gasteiger partial charge in [-0.1, -0.05) is 0 Å². The molecule has 0 radical (unpaired) electrons. The summed E-state index contributed by atoms with van der Waals surface area (Å²) in [4.78, 5) is 13.7. The van der Waals surface area contributed by atoms with Crippen LogP contribution in [0, 0.1) is 6.92 Å². The van der Waals surface area contributed by atoms with Gasteiger partial charge in [-0.15, -0.1) is 11.3 Å². The Kier molecular flexibility index (Phi) is 1.32. The maximum Gasteiger partial charge on any atom is 0.248 e. The fourth-order valence-electron chi connectivity index (χ4n) is 1.06. The van der Waals surface area contributed by atoms with Crippen molar-refractivity contribution in [3.8, 4) is 0 Å². The van der Waals surface area contributed by atoms with Crippen LogP contribution in [0.5, 0.6) is 0 Å². The van der Waals surface area contributed by atoms with Crippen LogP contribution in [0.2, 0.25) is 0 Å². The second-order valence-corrected chi connectivity index (χ2v) is 3.39. The summed E-state index contributed by atoms with van der Waals surface area (Å²) in [5, 5.41) is 2.04. The van der Waals surface area contributed by atoms with Crippen molar-refractivity contribution in [3.63, 3.8) is 0 Å². The first-order valence-electron chi connectivity index (χ1n) is 3.34. The summed E-state index contributed by atoms with van der Waals surface area (Å²) in [5.41, 5.74) is 2.09. The van der Waals surface area contributed by atoms with Crippen LogP contribution in [0.25, 0.3) is 10.2 Å². The molecule has 0 saturated heterocycles. The number of nitrogens with one attached hydrogen (secondary N) is 1. The van der Waals surface area contributed by atoms with Gasteiger partial charge in [-0.25, -0.2) is 0 Å². The zero-order chi connectivity index (χ0) is 7.84. The van der Waals surface area contributed by atoms with Gasteiger partial charge in [0.05, 0.1) is 10.2 Å². The molecule has 2 aromatic heterocycles. The Morgan fingerprint density at radius 3 is 3.09 bits per heavy atom. The van der Waals surface area contributed by atoms with Crippen molar-refractivity contribution in [3.05, 3.63) is 33.4 Å². The Morgan fingerprint density at radius 1 is 1.45 bits per heavy atom. The number of rotatable bonds is 0. The topological polar surface area (TPSA) is 32.9 Å². The van der Waals surface area contributed by atoms with E-state index in [1.165, 1.54) is 0 Å². The van der Waals surface area contributed by atoms with E-state index in [4.69, 9.17) is 0 Å². The van der Waals surface area contributed by atoms with Crippen LogP contribution in [0.15, 0.2) is 22.3 Å². The van der Waals surface area contributed by atoms with Crippen LogP contribution < -0.4 is 5.56 Å². The molecule has 2 nitrogen and oxygen atoms in total. The molecule has 0 bridgehead atoms. The quantitative estimate of drug-likeness (QED) is 0.635. The number of aromatic nitrogens is 1. The van der Waals surface area contributed by atoms with E-state index in [2.05, 4.69) is 4.98 Å². The summed E-state index contributed by atoms with van der Waals surface area (Å²) in [6.07, 6.45) is 0. The first-order valence-corrected chi connectivity index (χ1v) is 4.22. The van der Waals surface area contributed by atoms with E-state index < -0.39 is 0 Å². The van der Waals surface area contributed by atoms with Gasteiger partial charge in [-0.3, -0.25) is 4.79 Å². The molecule has 0 aliphatic carbocycles. The number of thiophene rings is 1. The van der Waals surface area contributed by atoms with Gasteiger partial charge in [-0.05, 0) is 23.9 Å². The number of fused-ring (bicyclic) bond motifs is 1. The van der Waals surface area contributed by atoms with Gasteiger partial charge in [0.25, 0.3) is 0 Å². The lowest BCUT2D eigenvalue weighted by Crippen LogP contribution is -2.01. The summed E-state index contributed by atoms with van der Waals surface area (Å²) in [6.45, 7) is 1.99. The van der Waals surface area contributed by atoms with Gasteiger partial charge in [0.15, 0.2) is 0 Å². The Hall–Kier alpha value is -1.09. The van der Waals surface area contributed by atoms with E-state index in [9.17, 15) is 4.79 Å². The molecule has 0 aromatic carbocycles. The van der Waals surface area contributed by atoms with Crippen LogP contribution in [-0.2, 0) is 0 Å². The number of hydrogen-bond donors (Lipinski definition) is 1. The molecule has 56 valence electrons. The van der Waals surface area contributed by atoms with Gasteiger partial charge in [0, 0.05) is 6.07 Å². The summed E-state index contributed by atoms with van der Waals surface area (Å²) in [7, 11) is 0. The Morgan fingerprint density at radius 2 is 2.27 bits per heavy atom. The fraction of sp³-hybridized carbons (Fsp3) is 0.125. The molecule has 0 saturated carbocycles. The molecule has 0 fully saturated rings. The fourth-order valence-corrected chi connectivity index (χ4v) is 1.96. The minimum Gasteiger partial charge on any atom is -0.321 e. The monoisotopic (exact) mass is 165 g/mol. The molecule has 1 N–H and O–H groups in total. The minimum atomic E-state index is -0.0287. The average molecular weight is 165 g/mol. The predicted molar refractivity (Wildman–Crippen MR) is 47.2 cm³/mol. The number of hydrogen-bond acceptors (Lipinski definition) is 2. The van der Waals surface area contributed by atoms with Crippen molar-refractivity contribution < 1.29 is 0 Å². The summed E-state index contributed by atoms with van der Waals surface area (Å²) in [6, 6.07) is 3.41. The van der Waals surface area contributed by atoms with E-state index >= 15 is 0 Å². The molecule has 0 unspecified atom stereocenters. The van der Waals surface area contributed by atoms with Crippen LogP contribution in [-0.4, -0.2) is 4.98 Å². The number of pyridine rings is 1. The molecule has 0 amide bonds. The first-order chi connectivity index (χ1) is 5.27. The number of aryl methyl sites for hydroxylation is 1. The van der Waals surface area contributed by atoms with E-state index in [1.54, 1.807) is 17.4 Å². The number of aromatic amines is 1. The smallest absolute Gasteiger partial charge is 0.248 e. The maximum absolute atomic E-state index is 10.9. The molecule has 0 spiro atoms. The van der Waals surface area contributed by atoms with Crippen LogP contribution in [0.1, 0.15) is 5.56 Å². The molecule has 0 aliphatic heterocycles. The molecule has 11 heavy (non-hydrogen) atoms. The van der Waals surface area contributed by atoms with Gasteiger partial charge in [0.2, 0.25) is 5.56 Å². The molecular weight excluding hydrogens is 158 g/mol. The van der Waals surface area contributed by atoms with E-state index in [0.29, 0.717) is 0 Å². The van der Waals surface area contributed by atoms with Crippen molar-refractivity contribution in [2.75, 3.05) is 0 Å². The molecule has 2 heterocycles. The third-order valence-electron chi connectivity index (χ3n) is 1.64. The van der Waals surface area contributed by atoms with Crippen molar-refractivity contribution in [1.82, 2.24) is 4.98 Å². The van der Waals surface area contributed by atoms with Gasteiger partial charge in [0.1, 0.15) is 0 Å². The zero-order valence-electron chi connectivity index (χ0n) is 6.05. The van der Waals surface area contributed by atoms with Crippen molar-refractivity contribution >= 4 is 21.6 Å². The second-order valence-electron chi connectivity index (χ2n) is 2.48. The zero-order valence-corrected chi connectivity index (χ0v) is 6.87. The highest BCUT2D eigenvalue weighted by molar-refractivity contribution is 7.17. The standard InChI is InChI=1S/C8H7NOS/c1-5-4-11-6-2-3-7(10)9-8(5)6/h2-4H,1H3,(H,9,10). The summed E-state index contributed by atoms with van der Waals surface area (Å²) < 4.78 is 1.14. The summed E-state index contributed by atoms with van der Waals surface area (Å²) in [5.74, 6) is 0. The Labute approximate surface area is 67.5 Å². The first kappa shape index (κ1) is 6.61. The van der Waals surface area contributed by atoms with Crippen molar-refractivity contribution in [2.24, 2.45) is 0 Å². The Bertz CT molecular complexity index is 441. The van der Waals surface area contributed by atoms with E-state index in [1.807, 2.05) is 18.4 Å². The molecule has 2 rings (SSSR count).